The standard InChI is InChI=1S/C14H27NS/c1-5-7-16-8-6-15-13-9-12(2)10-14(3,4)11-13/h5,12-13,15H,1,6-11H2,2-4H3. The van der Waals surface area contributed by atoms with Crippen molar-refractivity contribution in [2.75, 3.05) is 18.1 Å². The maximum absolute atomic E-state index is 3.74. The molecule has 1 saturated carbocycles. The van der Waals surface area contributed by atoms with Crippen LogP contribution in [0.4, 0.5) is 0 Å². The molecule has 1 rings (SSSR count). The normalized spacial score (nSPS) is 28.9. The second-order valence-corrected chi connectivity index (χ2v) is 7.08. The minimum atomic E-state index is 0.531. The molecule has 2 unspecified atom stereocenters. The molecule has 0 aromatic carbocycles. The molecule has 0 spiro atoms. The Morgan fingerprint density at radius 1 is 1.44 bits per heavy atom. The first-order valence-corrected chi connectivity index (χ1v) is 7.61. The summed E-state index contributed by atoms with van der Waals surface area (Å²) in [6, 6.07) is 0.739. The van der Waals surface area contributed by atoms with Crippen molar-refractivity contribution in [1.82, 2.24) is 5.32 Å². The number of rotatable bonds is 6. The van der Waals surface area contributed by atoms with E-state index in [-0.39, 0.29) is 0 Å². The molecule has 0 bridgehead atoms. The van der Waals surface area contributed by atoms with E-state index in [2.05, 4.69) is 32.7 Å². The van der Waals surface area contributed by atoms with Crippen LogP contribution >= 0.6 is 11.8 Å². The molecule has 1 fully saturated rings. The van der Waals surface area contributed by atoms with Crippen molar-refractivity contribution >= 4 is 11.8 Å². The Morgan fingerprint density at radius 3 is 2.81 bits per heavy atom. The molecule has 0 aliphatic heterocycles. The predicted octanol–water partition coefficient (Wildman–Crippen LogP) is 3.71. The average Bonchev–Trinajstić information content (AvgIpc) is 2.14. The minimum absolute atomic E-state index is 0.531. The van der Waals surface area contributed by atoms with E-state index in [1.165, 1.54) is 25.0 Å². The largest absolute Gasteiger partial charge is 0.313 e. The molecule has 1 nitrogen and oxygen atoms in total. The summed E-state index contributed by atoms with van der Waals surface area (Å²) in [5, 5.41) is 3.71. The van der Waals surface area contributed by atoms with E-state index in [0.717, 1.165) is 24.3 Å². The zero-order valence-electron chi connectivity index (χ0n) is 11.1. The summed E-state index contributed by atoms with van der Waals surface area (Å²) in [5.74, 6) is 3.16. The summed E-state index contributed by atoms with van der Waals surface area (Å²) >= 11 is 1.96. The quantitative estimate of drug-likeness (QED) is 0.562. The molecule has 0 heterocycles. The number of thioether (sulfide) groups is 1. The Bertz CT molecular complexity index is 213. The Labute approximate surface area is 105 Å². The van der Waals surface area contributed by atoms with Gasteiger partial charge in [0.1, 0.15) is 0 Å². The molecule has 94 valence electrons. The zero-order chi connectivity index (χ0) is 12.0. The molecule has 1 N–H and O–H groups in total. The van der Waals surface area contributed by atoms with Crippen LogP contribution in [0.15, 0.2) is 12.7 Å². The summed E-state index contributed by atoms with van der Waals surface area (Å²) < 4.78 is 0. The fourth-order valence-corrected chi connectivity index (χ4v) is 3.60. The van der Waals surface area contributed by atoms with Gasteiger partial charge in [-0.25, -0.2) is 0 Å². The van der Waals surface area contributed by atoms with Gasteiger partial charge in [0.25, 0.3) is 0 Å². The van der Waals surface area contributed by atoms with Crippen LogP contribution < -0.4 is 5.32 Å². The van der Waals surface area contributed by atoms with Gasteiger partial charge in [0.2, 0.25) is 0 Å². The van der Waals surface area contributed by atoms with Crippen LogP contribution in [0.5, 0.6) is 0 Å². The molecule has 0 aromatic rings. The van der Waals surface area contributed by atoms with Gasteiger partial charge >= 0.3 is 0 Å². The fourth-order valence-electron chi connectivity index (χ4n) is 3.00. The lowest BCUT2D eigenvalue weighted by molar-refractivity contribution is 0.153. The minimum Gasteiger partial charge on any atom is -0.313 e. The van der Waals surface area contributed by atoms with Crippen molar-refractivity contribution in [2.24, 2.45) is 11.3 Å². The lowest BCUT2D eigenvalue weighted by Crippen LogP contribution is -2.41. The molecular formula is C14H27NS. The van der Waals surface area contributed by atoms with Crippen LogP contribution in [0.1, 0.15) is 40.0 Å². The molecule has 0 saturated heterocycles. The molecular weight excluding hydrogens is 214 g/mol. The SMILES string of the molecule is C=CCSCCNC1CC(C)CC(C)(C)C1. The Balaban J connectivity index is 2.18. The summed E-state index contributed by atoms with van der Waals surface area (Å²) in [5.41, 5.74) is 0.531. The van der Waals surface area contributed by atoms with Gasteiger partial charge in [-0.1, -0.05) is 26.8 Å². The van der Waals surface area contributed by atoms with Crippen molar-refractivity contribution in [3.8, 4) is 0 Å². The van der Waals surface area contributed by atoms with Crippen molar-refractivity contribution in [3.05, 3.63) is 12.7 Å². The third kappa shape index (κ3) is 5.40. The van der Waals surface area contributed by atoms with Gasteiger partial charge in [-0.05, 0) is 30.6 Å². The summed E-state index contributed by atoms with van der Waals surface area (Å²) in [7, 11) is 0. The second kappa shape index (κ2) is 6.70. The van der Waals surface area contributed by atoms with Gasteiger partial charge in [-0.15, -0.1) is 6.58 Å². The van der Waals surface area contributed by atoms with Gasteiger partial charge < -0.3 is 5.32 Å². The number of hydrogen-bond acceptors (Lipinski definition) is 2. The van der Waals surface area contributed by atoms with Crippen LogP contribution in [-0.2, 0) is 0 Å². The summed E-state index contributed by atoms with van der Waals surface area (Å²) in [6.07, 6.45) is 6.06. The van der Waals surface area contributed by atoms with Crippen LogP contribution in [0, 0.1) is 11.3 Å². The molecule has 0 radical (unpaired) electrons. The van der Waals surface area contributed by atoms with Crippen molar-refractivity contribution in [1.29, 1.82) is 0 Å². The summed E-state index contributed by atoms with van der Waals surface area (Å²) in [4.78, 5) is 0. The van der Waals surface area contributed by atoms with E-state index in [0.29, 0.717) is 5.41 Å². The average molecular weight is 241 g/mol. The van der Waals surface area contributed by atoms with Crippen LogP contribution in [-0.4, -0.2) is 24.1 Å². The van der Waals surface area contributed by atoms with Crippen molar-refractivity contribution < 1.29 is 0 Å². The van der Waals surface area contributed by atoms with E-state index < -0.39 is 0 Å². The third-order valence-corrected chi connectivity index (χ3v) is 4.27. The first-order valence-electron chi connectivity index (χ1n) is 6.45. The highest BCUT2D eigenvalue weighted by atomic mass is 32.2. The third-order valence-electron chi connectivity index (χ3n) is 3.30. The highest BCUT2D eigenvalue weighted by molar-refractivity contribution is 7.99. The fraction of sp³-hybridized carbons (Fsp3) is 0.857. The molecule has 16 heavy (non-hydrogen) atoms. The topological polar surface area (TPSA) is 12.0 Å². The van der Waals surface area contributed by atoms with Crippen LogP contribution in [0.3, 0.4) is 0 Å². The monoisotopic (exact) mass is 241 g/mol. The van der Waals surface area contributed by atoms with E-state index in [1.54, 1.807) is 0 Å². The van der Waals surface area contributed by atoms with Crippen molar-refractivity contribution in [3.63, 3.8) is 0 Å². The van der Waals surface area contributed by atoms with E-state index in [4.69, 9.17) is 0 Å². The molecule has 0 amide bonds. The summed E-state index contributed by atoms with van der Waals surface area (Å²) in [6.45, 7) is 12.1. The van der Waals surface area contributed by atoms with E-state index in [9.17, 15) is 0 Å². The molecule has 0 aromatic heterocycles. The van der Waals surface area contributed by atoms with Gasteiger partial charge in [0.15, 0.2) is 0 Å². The highest BCUT2D eigenvalue weighted by Gasteiger charge is 2.31. The maximum atomic E-state index is 3.74. The van der Waals surface area contributed by atoms with E-state index in [1.807, 2.05) is 17.8 Å². The predicted molar refractivity (Wildman–Crippen MR) is 76.1 cm³/mol. The highest BCUT2D eigenvalue weighted by Crippen LogP contribution is 2.38. The second-order valence-electron chi connectivity index (χ2n) is 5.93. The Morgan fingerprint density at radius 2 is 2.19 bits per heavy atom. The van der Waals surface area contributed by atoms with Crippen LogP contribution in [0.25, 0.3) is 0 Å². The first-order chi connectivity index (χ1) is 7.53. The Kier molecular flexibility index (Phi) is 5.91. The maximum Gasteiger partial charge on any atom is 0.0111 e. The van der Waals surface area contributed by atoms with Gasteiger partial charge in [0.05, 0.1) is 0 Å². The van der Waals surface area contributed by atoms with Gasteiger partial charge in [0, 0.05) is 24.1 Å². The van der Waals surface area contributed by atoms with E-state index >= 15 is 0 Å². The zero-order valence-corrected chi connectivity index (χ0v) is 11.9. The number of hydrogen-bond donors (Lipinski definition) is 1. The lowest BCUT2D eigenvalue weighted by atomic mass is 9.70. The molecule has 2 heteroatoms. The lowest BCUT2D eigenvalue weighted by Gasteiger charge is -2.39. The van der Waals surface area contributed by atoms with Gasteiger partial charge in [-0.2, -0.15) is 11.8 Å². The number of nitrogens with one attached hydrogen (secondary N) is 1. The molecule has 1 aliphatic carbocycles. The molecule has 1 aliphatic rings. The Hall–Kier alpha value is 0.0500. The van der Waals surface area contributed by atoms with Crippen molar-refractivity contribution in [2.45, 2.75) is 46.1 Å². The van der Waals surface area contributed by atoms with Crippen LogP contribution in [0.2, 0.25) is 0 Å². The smallest absolute Gasteiger partial charge is 0.0111 e. The molecule has 2 atom stereocenters. The van der Waals surface area contributed by atoms with Gasteiger partial charge in [-0.3, -0.25) is 0 Å². The first kappa shape index (κ1) is 14.1.